The van der Waals surface area contributed by atoms with Gasteiger partial charge in [-0.15, -0.1) is 5.16 Å². The monoisotopic (exact) mass is 173 g/mol. The zero-order valence-corrected chi connectivity index (χ0v) is 7.32. The highest BCUT2D eigenvalue weighted by atomic mass is 16.5. The fourth-order valence-electron chi connectivity index (χ4n) is 0.796. The van der Waals surface area contributed by atoms with Gasteiger partial charge in [0.25, 0.3) is 0 Å². The molecule has 0 aliphatic rings. The number of hydrogen-bond donors (Lipinski definition) is 1. The van der Waals surface area contributed by atoms with Gasteiger partial charge < -0.3 is 9.94 Å². The Balaban J connectivity index is 3.13. The van der Waals surface area contributed by atoms with Crippen LogP contribution in [-0.2, 0) is 9.53 Å². The highest BCUT2D eigenvalue weighted by molar-refractivity contribution is 5.69. The van der Waals surface area contributed by atoms with E-state index in [-0.39, 0.29) is 5.97 Å². The van der Waals surface area contributed by atoms with Crippen LogP contribution in [0.4, 0.5) is 0 Å². The molecule has 4 heteroatoms. The first-order chi connectivity index (χ1) is 5.81. The number of ether oxygens (including phenoxy) is 1. The lowest BCUT2D eigenvalue weighted by molar-refractivity contribution is -0.143. The van der Waals surface area contributed by atoms with E-state index in [9.17, 15) is 4.79 Å². The van der Waals surface area contributed by atoms with Gasteiger partial charge in [0.15, 0.2) is 0 Å². The van der Waals surface area contributed by atoms with E-state index in [1.165, 1.54) is 6.21 Å². The van der Waals surface area contributed by atoms with Crippen LogP contribution >= 0.6 is 0 Å². The van der Waals surface area contributed by atoms with Crippen molar-refractivity contribution in [1.82, 2.24) is 0 Å². The summed E-state index contributed by atoms with van der Waals surface area (Å²) in [5.74, 6) is -0.154. The van der Waals surface area contributed by atoms with Crippen LogP contribution in [-0.4, -0.2) is 24.0 Å². The third kappa shape index (κ3) is 7.05. The number of unbranched alkanes of at least 4 members (excludes halogenated alkanes) is 2. The molecule has 0 bridgehead atoms. The van der Waals surface area contributed by atoms with Crippen molar-refractivity contribution in [2.45, 2.75) is 32.6 Å². The SMILES string of the molecule is CCOC(=O)CCCC/C=N/O. The first-order valence-corrected chi connectivity index (χ1v) is 4.12. The number of carbonyl (C=O) groups is 1. The van der Waals surface area contributed by atoms with E-state index in [2.05, 4.69) is 5.16 Å². The molecule has 0 atom stereocenters. The molecule has 0 amide bonds. The van der Waals surface area contributed by atoms with Crippen molar-refractivity contribution in [3.05, 3.63) is 0 Å². The van der Waals surface area contributed by atoms with E-state index in [4.69, 9.17) is 9.94 Å². The topological polar surface area (TPSA) is 58.9 Å². The molecule has 0 heterocycles. The molecule has 0 aromatic heterocycles. The van der Waals surface area contributed by atoms with Gasteiger partial charge in [-0.3, -0.25) is 4.79 Å². The predicted octanol–water partition coefficient (Wildman–Crippen LogP) is 1.57. The maximum Gasteiger partial charge on any atom is 0.305 e. The maximum absolute atomic E-state index is 10.8. The van der Waals surface area contributed by atoms with Crippen LogP contribution < -0.4 is 0 Å². The highest BCUT2D eigenvalue weighted by Crippen LogP contribution is 1.99. The summed E-state index contributed by atoms with van der Waals surface area (Å²) in [6.45, 7) is 2.23. The second-order valence-corrected chi connectivity index (χ2v) is 2.35. The van der Waals surface area contributed by atoms with E-state index in [0.717, 1.165) is 12.8 Å². The number of nitrogens with zero attached hydrogens (tertiary/aromatic N) is 1. The van der Waals surface area contributed by atoms with Gasteiger partial charge in [0.2, 0.25) is 0 Å². The third-order valence-corrected chi connectivity index (χ3v) is 1.35. The average molecular weight is 173 g/mol. The Morgan fingerprint density at radius 3 is 2.92 bits per heavy atom. The minimum Gasteiger partial charge on any atom is -0.466 e. The zero-order chi connectivity index (χ0) is 9.23. The molecule has 0 rings (SSSR count). The fourth-order valence-corrected chi connectivity index (χ4v) is 0.796. The Hall–Kier alpha value is -1.06. The van der Waals surface area contributed by atoms with Crippen LogP contribution in [0.15, 0.2) is 5.16 Å². The summed E-state index contributed by atoms with van der Waals surface area (Å²) in [6, 6.07) is 0. The number of oxime groups is 1. The molecule has 0 saturated carbocycles. The fraction of sp³-hybridized carbons (Fsp3) is 0.750. The normalized spacial score (nSPS) is 10.4. The molecule has 0 saturated heterocycles. The lowest BCUT2D eigenvalue weighted by Gasteiger charge is -1.99. The van der Waals surface area contributed by atoms with Gasteiger partial charge in [-0.1, -0.05) is 0 Å². The summed E-state index contributed by atoms with van der Waals surface area (Å²) in [5.41, 5.74) is 0. The van der Waals surface area contributed by atoms with Gasteiger partial charge in [0.1, 0.15) is 0 Å². The third-order valence-electron chi connectivity index (χ3n) is 1.35. The van der Waals surface area contributed by atoms with Gasteiger partial charge in [0.05, 0.1) is 6.61 Å². The molecule has 0 aliphatic heterocycles. The average Bonchev–Trinajstić information content (AvgIpc) is 2.05. The molecule has 0 radical (unpaired) electrons. The molecule has 1 N–H and O–H groups in total. The maximum atomic E-state index is 10.8. The Bertz CT molecular complexity index is 145. The molecule has 0 spiro atoms. The van der Waals surface area contributed by atoms with E-state index < -0.39 is 0 Å². The van der Waals surface area contributed by atoms with Gasteiger partial charge in [0, 0.05) is 12.6 Å². The first kappa shape index (κ1) is 10.9. The zero-order valence-electron chi connectivity index (χ0n) is 7.32. The van der Waals surface area contributed by atoms with E-state index in [1.54, 1.807) is 6.92 Å². The Kier molecular flexibility index (Phi) is 7.33. The van der Waals surface area contributed by atoms with Crippen LogP contribution in [0.5, 0.6) is 0 Å². The van der Waals surface area contributed by atoms with Crippen molar-refractivity contribution >= 4 is 12.2 Å². The molecule has 0 unspecified atom stereocenters. The van der Waals surface area contributed by atoms with Crippen LogP contribution in [0.2, 0.25) is 0 Å². The Morgan fingerprint density at radius 1 is 1.58 bits per heavy atom. The minimum atomic E-state index is -0.154. The standard InChI is InChI=1S/C8H15NO3/c1-2-12-8(10)6-4-3-5-7-9-11/h7,11H,2-6H2,1H3/b9-7+. The lowest BCUT2D eigenvalue weighted by Crippen LogP contribution is -2.03. The van der Waals surface area contributed by atoms with Crippen molar-refractivity contribution < 1.29 is 14.7 Å². The Labute approximate surface area is 72.2 Å². The largest absolute Gasteiger partial charge is 0.466 e. The van der Waals surface area contributed by atoms with Gasteiger partial charge >= 0.3 is 5.97 Å². The second kappa shape index (κ2) is 8.04. The quantitative estimate of drug-likeness (QED) is 0.218. The molecular weight excluding hydrogens is 158 g/mol. The molecule has 0 aliphatic carbocycles. The lowest BCUT2D eigenvalue weighted by atomic mass is 10.2. The van der Waals surface area contributed by atoms with Crippen molar-refractivity contribution in [3.63, 3.8) is 0 Å². The van der Waals surface area contributed by atoms with Gasteiger partial charge in [-0.05, 0) is 26.2 Å². The summed E-state index contributed by atoms with van der Waals surface area (Å²) in [5, 5.41) is 10.9. The minimum absolute atomic E-state index is 0.154. The smallest absolute Gasteiger partial charge is 0.305 e. The molecule has 0 aromatic rings. The van der Waals surface area contributed by atoms with Crippen LogP contribution in [0.25, 0.3) is 0 Å². The summed E-state index contributed by atoms with van der Waals surface area (Å²) < 4.78 is 4.73. The number of carbonyl (C=O) groups excluding carboxylic acids is 1. The number of hydrogen-bond acceptors (Lipinski definition) is 4. The number of rotatable bonds is 6. The van der Waals surface area contributed by atoms with E-state index >= 15 is 0 Å². The van der Waals surface area contributed by atoms with Crippen LogP contribution in [0.1, 0.15) is 32.6 Å². The van der Waals surface area contributed by atoms with Crippen molar-refractivity contribution in [2.75, 3.05) is 6.61 Å². The molecule has 70 valence electrons. The first-order valence-electron chi connectivity index (χ1n) is 4.12. The summed E-state index contributed by atoms with van der Waals surface area (Å²) >= 11 is 0. The van der Waals surface area contributed by atoms with Gasteiger partial charge in [-0.25, -0.2) is 0 Å². The molecule has 0 aromatic carbocycles. The van der Waals surface area contributed by atoms with E-state index in [1.807, 2.05) is 0 Å². The van der Waals surface area contributed by atoms with Crippen molar-refractivity contribution in [2.24, 2.45) is 5.16 Å². The summed E-state index contributed by atoms with van der Waals surface area (Å²) in [6.07, 6.45) is 4.21. The Morgan fingerprint density at radius 2 is 2.33 bits per heavy atom. The van der Waals surface area contributed by atoms with Crippen molar-refractivity contribution in [3.8, 4) is 0 Å². The predicted molar refractivity (Wildman–Crippen MR) is 45.4 cm³/mol. The second-order valence-electron chi connectivity index (χ2n) is 2.35. The molecule has 4 nitrogen and oxygen atoms in total. The highest BCUT2D eigenvalue weighted by Gasteiger charge is 1.99. The summed E-state index contributed by atoms with van der Waals surface area (Å²) in [4.78, 5) is 10.8. The number of esters is 1. The molecular formula is C8H15NO3. The van der Waals surface area contributed by atoms with E-state index in [0.29, 0.717) is 19.4 Å². The van der Waals surface area contributed by atoms with Crippen LogP contribution in [0.3, 0.4) is 0 Å². The molecule has 0 fully saturated rings. The summed E-state index contributed by atoms with van der Waals surface area (Å²) in [7, 11) is 0. The van der Waals surface area contributed by atoms with Crippen LogP contribution in [0, 0.1) is 0 Å². The van der Waals surface area contributed by atoms with Gasteiger partial charge in [-0.2, -0.15) is 0 Å². The van der Waals surface area contributed by atoms with Crippen molar-refractivity contribution in [1.29, 1.82) is 0 Å². The molecule has 12 heavy (non-hydrogen) atoms.